The van der Waals surface area contributed by atoms with Crippen LogP contribution < -0.4 is 10.1 Å². The summed E-state index contributed by atoms with van der Waals surface area (Å²) in [4.78, 5) is 0. The first-order valence-electron chi connectivity index (χ1n) is 7.33. The molecule has 0 aliphatic carbocycles. The summed E-state index contributed by atoms with van der Waals surface area (Å²) in [7, 11) is 0. The number of rotatable bonds is 6. The van der Waals surface area contributed by atoms with E-state index in [2.05, 4.69) is 19.2 Å². The van der Waals surface area contributed by atoms with Crippen LogP contribution in [0, 0.1) is 12.7 Å². The third-order valence-electron chi connectivity index (χ3n) is 3.34. The van der Waals surface area contributed by atoms with Crippen LogP contribution in [0.1, 0.15) is 25.0 Å². The topological polar surface area (TPSA) is 21.3 Å². The molecule has 2 rings (SSSR count). The first-order valence-corrected chi connectivity index (χ1v) is 7.33. The summed E-state index contributed by atoms with van der Waals surface area (Å²) in [5.74, 6) is 0.704. The predicted molar refractivity (Wildman–Crippen MR) is 85.5 cm³/mol. The van der Waals surface area contributed by atoms with Gasteiger partial charge in [-0.25, -0.2) is 4.39 Å². The number of aryl methyl sites for hydroxylation is 1. The molecule has 2 aromatic rings. The molecule has 0 bridgehead atoms. The number of anilines is 1. The van der Waals surface area contributed by atoms with Crippen molar-refractivity contribution in [3.8, 4) is 5.75 Å². The average molecular weight is 287 g/mol. The standard InChI is InChI=1S/C18H22FNO/c1-4-21-17-8-9-18(13(2)10-17)20-14(3)11-15-6-5-7-16(19)12-15/h5-10,12,14,20H,4,11H2,1-3H3. The summed E-state index contributed by atoms with van der Waals surface area (Å²) >= 11 is 0. The molecule has 0 heterocycles. The minimum absolute atomic E-state index is 0.183. The molecule has 0 amide bonds. The first-order chi connectivity index (χ1) is 10.1. The van der Waals surface area contributed by atoms with Gasteiger partial charge in [-0.3, -0.25) is 0 Å². The molecule has 0 aliphatic heterocycles. The summed E-state index contributed by atoms with van der Waals surface area (Å²) in [6, 6.07) is 13.0. The number of halogens is 1. The van der Waals surface area contributed by atoms with E-state index in [9.17, 15) is 4.39 Å². The molecule has 1 atom stereocenters. The molecule has 0 aromatic heterocycles. The highest BCUT2D eigenvalue weighted by atomic mass is 19.1. The molecule has 1 unspecified atom stereocenters. The highest BCUT2D eigenvalue weighted by Gasteiger charge is 2.07. The highest BCUT2D eigenvalue weighted by molar-refractivity contribution is 5.54. The number of hydrogen-bond acceptors (Lipinski definition) is 2. The van der Waals surface area contributed by atoms with E-state index in [0.717, 1.165) is 29.0 Å². The largest absolute Gasteiger partial charge is 0.494 e. The Morgan fingerprint density at radius 2 is 2.00 bits per heavy atom. The summed E-state index contributed by atoms with van der Waals surface area (Å²) < 4.78 is 18.7. The fourth-order valence-corrected chi connectivity index (χ4v) is 2.39. The van der Waals surface area contributed by atoms with Crippen LogP contribution in [0.4, 0.5) is 10.1 Å². The van der Waals surface area contributed by atoms with E-state index in [4.69, 9.17) is 4.74 Å². The van der Waals surface area contributed by atoms with Gasteiger partial charge in [0, 0.05) is 11.7 Å². The van der Waals surface area contributed by atoms with E-state index in [0.29, 0.717) is 6.61 Å². The number of benzene rings is 2. The van der Waals surface area contributed by atoms with Crippen molar-refractivity contribution in [1.29, 1.82) is 0 Å². The molecule has 2 nitrogen and oxygen atoms in total. The van der Waals surface area contributed by atoms with Gasteiger partial charge in [-0.05, 0) is 68.7 Å². The molecule has 0 aliphatic rings. The van der Waals surface area contributed by atoms with E-state index in [-0.39, 0.29) is 11.9 Å². The normalized spacial score (nSPS) is 12.0. The third kappa shape index (κ3) is 4.48. The second-order valence-electron chi connectivity index (χ2n) is 5.29. The van der Waals surface area contributed by atoms with Gasteiger partial charge in [0.2, 0.25) is 0 Å². The summed E-state index contributed by atoms with van der Waals surface area (Å²) in [6.07, 6.45) is 0.782. The first kappa shape index (κ1) is 15.4. The van der Waals surface area contributed by atoms with E-state index >= 15 is 0 Å². The van der Waals surface area contributed by atoms with Crippen LogP contribution in [0.5, 0.6) is 5.75 Å². The van der Waals surface area contributed by atoms with Crippen LogP contribution in [-0.2, 0) is 6.42 Å². The van der Waals surface area contributed by atoms with Crippen molar-refractivity contribution in [2.45, 2.75) is 33.2 Å². The van der Waals surface area contributed by atoms with Crippen molar-refractivity contribution < 1.29 is 9.13 Å². The van der Waals surface area contributed by atoms with Crippen molar-refractivity contribution in [2.24, 2.45) is 0 Å². The van der Waals surface area contributed by atoms with Gasteiger partial charge in [-0.15, -0.1) is 0 Å². The van der Waals surface area contributed by atoms with Gasteiger partial charge in [0.05, 0.1) is 6.61 Å². The van der Waals surface area contributed by atoms with E-state index < -0.39 is 0 Å². The SMILES string of the molecule is CCOc1ccc(NC(C)Cc2cccc(F)c2)c(C)c1. The molecular formula is C18H22FNO. The molecule has 0 saturated heterocycles. The Balaban J connectivity index is 2.00. The molecule has 21 heavy (non-hydrogen) atoms. The maximum atomic E-state index is 13.2. The summed E-state index contributed by atoms with van der Waals surface area (Å²) in [5, 5.41) is 3.47. The Hall–Kier alpha value is -2.03. The second kappa shape index (κ2) is 7.11. The highest BCUT2D eigenvalue weighted by Crippen LogP contribution is 2.22. The Morgan fingerprint density at radius 1 is 1.19 bits per heavy atom. The predicted octanol–water partition coefficient (Wildman–Crippen LogP) is 4.58. The van der Waals surface area contributed by atoms with Gasteiger partial charge in [-0.2, -0.15) is 0 Å². The zero-order chi connectivity index (χ0) is 15.2. The molecule has 0 saturated carbocycles. The van der Waals surface area contributed by atoms with Gasteiger partial charge in [0.25, 0.3) is 0 Å². The van der Waals surface area contributed by atoms with Crippen LogP contribution in [0.25, 0.3) is 0 Å². The van der Waals surface area contributed by atoms with Crippen LogP contribution in [-0.4, -0.2) is 12.6 Å². The van der Waals surface area contributed by atoms with Gasteiger partial charge in [0.15, 0.2) is 0 Å². The minimum atomic E-state index is -0.183. The summed E-state index contributed by atoms with van der Waals surface area (Å²) in [6.45, 7) is 6.80. The summed E-state index contributed by atoms with van der Waals surface area (Å²) in [5.41, 5.74) is 3.23. The Bertz CT molecular complexity index is 598. The zero-order valence-electron chi connectivity index (χ0n) is 12.8. The molecule has 112 valence electrons. The maximum Gasteiger partial charge on any atom is 0.123 e. The molecule has 1 N–H and O–H groups in total. The molecule has 3 heteroatoms. The van der Waals surface area contributed by atoms with Gasteiger partial charge in [0.1, 0.15) is 11.6 Å². The van der Waals surface area contributed by atoms with Crippen LogP contribution in [0.3, 0.4) is 0 Å². The van der Waals surface area contributed by atoms with Crippen molar-refractivity contribution in [3.63, 3.8) is 0 Å². The van der Waals surface area contributed by atoms with Crippen molar-refractivity contribution in [3.05, 3.63) is 59.4 Å². The van der Waals surface area contributed by atoms with Crippen LogP contribution in [0.15, 0.2) is 42.5 Å². The molecule has 0 fully saturated rings. The van der Waals surface area contributed by atoms with E-state index in [1.54, 1.807) is 12.1 Å². The zero-order valence-corrected chi connectivity index (χ0v) is 12.8. The van der Waals surface area contributed by atoms with Crippen LogP contribution >= 0.6 is 0 Å². The minimum Gasteiger partial charge on any atom is -0.494 e. The monoisotopic (exact) mass is 287 g/mol. The Labute approximate surface area is 126 Å². The average Bonchev–Trinajstić information content (AvgIpc) is 2.42. The molecule has 2 aromatic carbocycles. The van der Waals surface area contributed by atoms with Crippen molar-refractivity contribution in [2.75, 3.05) is 11.9 Å². The fourth-order valence-electron chi connectivity index (χ4n) is 2.39. The smallest absolute Gasteiger partial charge is 0.123 e. The van der Waals surface area contributed by atoms with Gasteiger partial charge >= 0.3 is 0 Å². The maximum absolute atomic E-state index is 13.2. The van der Waals surface area contributed by atoms with E-state index in [1.165, 1.54) is 6.07 Å². The molecular weight excluding hydrogens is 265 g/mol. The Morgan fingerprint density at radius 3 is 2.67 bits per heavy atom. The lowest BCUT2D eigenvalue weighted by atomic mass is 10.1. The number of nitrogens with one attached hydrogen (secondary N) is 1. The molecule has 0 radical (unpaired) electrons. The number of ether oxygens (including phenoxy) is 1. The van der Waals surface area contributed by atoms with Crippen molar-refractivity contribution >= 4 is 5.69 Å². The molecule has 0 spiro atoms. The van der Waals surface area contributed by atoms with Gasteiger partial charge < -0.3 is 10.1 Å². The third-order valence-corrected chi connectivity index (χ3v) is 3.34. The lowest BCUT2D eigenvalue weighted by Gasteiger charge is -2.18. The second-order valence-corrected chi connectivity index (χ2v) is 5.29. The number of hydrogen-bond donors (Lipinski definition) is 1. The fraction of sp³-hybridized carbons (Fsp3) is 0.333. The van der Waals surface area contributed by atoms with E-state index in [1.807, 2.05) is 31.2 Å². The Kier molecular flexibility index (Phi) is 5.20. The lowest BCUT2D eigenvalue weighted by Crippen LogP contribution is -2.18. The lowest BCUT2D eigenvalue weighted by molar-refractivity contribution is 0.340. The van der Waals surface area contributed by atoms with Crippen LogP contribution in [0.2, 0.25) is 0 Å². The quantitative estimate of drug-likeness (QED) is 0.840. The van der Waals surface area contributed by atoms with Gasteiger partial charge in [-0.1, -0.05) is 12.1 Å². The van der Waals surface area contributed by atoms with Crippen molar-refractivity contribution in [1.82, 2.24) is 0 Å².